The van der Waals surface area contributed by atoms with Gasteiger partial charge in [0.25, 0.3) is 0 Å². The largest absolute Gasteiger partial charge is 0.480 e. The zero-order chi connectivity index (χ0) is 12.0. The van der Waals surface area contributed by atoms with Crippen LogP contribution in [-0.4, -0.2) is 30.6 Å². The molecule has 1 aliphatic rings. The van der Waals surface area contributed by atoms with Gasteiger partial charge in [-0.2, -0.15) is 5.26 Å². The molecule has 1 heterocycles. The Bertz CT molecular complexity index is 282. The molecule has 0 spiro atoms. The van der Waals surface area contributed by atoms with Crippen LogP contribution < -0.4 is 0 Å². The zero-order valence-corrected chi connectivity index (χ0v) is 10.7. The smallest absolute Gasteiger partial charge is 0.328 e. The number of nitriles is 1. The maximum atomic E-state index is 10.9. The third-order valence-electron chi connectivity index (χ3n) is 2.70. The summed E-state index contributed by atoms with van der Waals surface area (Å²) in [7, 11) is 0. The molecule has 1 N–H and O–H groups in total. The number of hydrogen-bond donors (Lipinski definition) is 1. The van der Waals surface area contributed by atoms with Gasteiger partial charge in [-0.1, -0.05) is 19.8 Å². The number of ether oxygens (including phenoxy) is 2. The van der Waals surface area contributed by atoms with Crippen LogP contribution in [0.4, 0.5) is 0 Å². The highest BCUT2D eigenvalue weighted by molar-refractivity contribution is 5.85. The summed E-state index contributed by atoms with van der Waals surface area (Å²) in [5.74, 6) is -1.18. The second kappa shape index (κ2) is 7.49. The molecule has 0 amide bonds. The van der Waals surface area contributed by atoms with Crippen LogP contribution in [0, 0.1) is 16.7 Å². The van der Waals surface area contributed by atoms with Crippen LogP contribution >= 0.6 is 12.4 Å². The van der Waals surface area contributed by atoms with Crippen LogP contribution in [0.1, 0.15) is 32.6 Å². The molecule has 1 saturated heterocycles. The summed E-state index contributed by atoms with van der Waals surface area (Å²) < 4.78 is 10.5. The van der Waals surface area contributed by atoms with Crippen LogP contribution in [0.2, 0.25) is 0 Å². The fraction of sp³-hybridized carbons (Fsp3) is 0.818. The van der Waals surface area contributed by atoms with Gasteiger partial charge in [-0.05, 0) is 12.8 Å². The molecule has 1 fully saturated rings. The molecule has 0 unspecified atom stereocenters. The van der Waals surface area contributed by atoms with E-state index in [0.717, 1.165) is 25.7 Å². The van der Waals surface area contributed by atoms with E-state index in [2.05, 4.69) is 6.92 Å². The lowest BCUT2D eigenvalue weighted by molar-refractivity contribution is -0.224. The van der Waals surface area contributed by atoms with Crippen LogP contribution in [0.5, 0.6) is 0 Å². The van der Waals surface area contributed by atoms with Gasteiger partial charge < -0.3 is 14.6 Å². The normalized spacial score (nSPS) is 27.9. The lowest BCUT2D eigenvalue weighted by Crippen LogP contribution is -2.46. The first-order valence-electron chi connectivity index (χ1n) is 5.52. The highest BCUT2D eigenvalue weighted by Gasteiger charge is 2.44. The summed E-state index contributed by atoms with van der Waals surface area (Å²) in [6.07, 6.45) is 3.62. The second-order valence-corrected chi connectivity index (χ2v) is 4.05. The van der Waals surface area contributed by atoms with Crippen LogP contribution in [0.25, 0.3) is 0 Å². The first kappa shape index (κ1) is 16.2. The van der Waals surface area contributed by atoms with Gasteiger partial charge >= 0.3 is 5.97 Å². The van der Waals surface area contributed by atoms with Gasteiger partial charge in [0.15, 0.2) is 6.29 Å². The molecule has 0 aromatic rings. The quantitative estimate of drug-likeness (QED) is 0.767. The topological polar surface area (TPSA) is 79.5 Å². The number of halogens is 1. The van der Waals surface area contributed by atoms with Gasteiger partial charge in [0.05, 0.1) is 19.3 Å². The van der Waals surface area contributed by atoms with Crippen LogP contribution in [-0.2, 0) is 14.3 Å². The van der Waals surface area contributed by atoms with E-state index in [9.17, 15) is 4.79 Å². The molecule has 0 saturated carbocycles. The third kappa shape index (κ3) is 4.15. The molecule has 1 rings (SSSR count). The van der Waals surface area contributed by atoms with Crippen molar-refractivity contribution in [3.63, 3.8) is 0 Å². The van der Waals surface area contributed by atoms with Crippen molar-refractivity contribution in [1.29, 1.82) is 5.26 Å². The van der Waals surface area contributed by atoms with Gasteiger partial charge in [-0.15, -0.1) is 12.4 Å². The first-order valence-corrected chi connectivity index (χ1v) is 5.52. The average Bonchev–Trinajstić information content (AvgIpc) is 2.30. The highest BCUT2D eigenvalue weighted by Crippen LogP contribution is 2.26. The van der Waals surface area contributed by atoms with Gasteiger partial charge in [0, 0.05) is 0 Å². The Balaban J connectivity index is 0.00000256. The molecule has 0 radical (unpaired) electrons. The number of unbranched alkanes of at least 4 members (excludes halogenated alkanes) is 2. The molecular formula is C11H18ClNO4. The van der Waals surface area contributed by atoms with Gasteiger partial charge in [-0.25, -0.2) is 0 Å². The molecule has 0 aliphatic carbocycles. The number of hydrogen-bond acceptors (Lipinski definition) is 4. The monoisotopic (exact) mass is 263 g/mol. The molecule has 0 bridgehead atoms. The third-order valence-corrected chi connectivity index (χ3v) is 2.70. The summed E-state index contributed by atoms with van der Waals surface area (Å²) in [4.78, 5) is 10.9. The van der Waals surface area contributed by atoms with Crippen molar-refractivity contribution >= 4 is 18.4 Å². The van der Waals surface area contributed by atoms with Gasteiger partial charge in [-0.3, -0.25) is 4.79 Å². The number of nitrogens with zero attached hydrogens (tertiary/aromatic N) is 1. The lowest BCUT2D eigenvalue weighted by Gasteiger charge is -2.32. The van der Waals surface area contributed by atoms with E-state index in [0.29, 0.717) is 0 Å². The van der Waals surface area contributed by atoms with Crippen LogP contribution in [0.3, 0.4) is 0 Å². The van der Waals surface area contributed by atoms with E-state index in [-0.39, 0.29) is 31.9 Å². The lowest BCUT2D eigenvalue weighted by atomic mass is 9.91. The van der Waals surface area contributed by atoms with Gasteiger partial charge in [0.1, 0.15) is 0 Å². The summed E-state index contributed by atoms with van der Waals surface area (Å²) in [6.45, 7) is 1.93. The average molecular weight is 264 g/mol. The maximum absolute atomic E-state index is 10.9. The van der Waals surface area contributed by atoms with Crippen molar-refractivity contribution in [2.45, 2.75) is 38.9 Å². The maximum Gasteiger partial charge on any atom is 0.328 e. The predicted octanol–water partition coefficient (Wildman–Crippen LogP) is 1.96. The van der Waals surface area contributed by atoms with E-state index in [1.54, 1.807) is 6.07 Å². The summed E-state index contributed by atoms with van der Waals surface area (Å²) in [6, 6.07) is 1.76. The number of aliphatic carboxylic acids is 1. The fourth-order valence-electron chi connectivity index (χ4n) is 1.52. The summed E-state index contributed by atoms with van der Waals surface area (Å²) in [5, 5.41) is 17.7. The van der Waals surface area contributed by atoms with Crippen molar-refractivity contribution < 1.29 is 19.4 Å². The molecule has 1 aliphatic heterocycles. The number of carbonyl (C=O) groups is 1. The van der Waals surface area contributed by atoms with Crippen molar-refractivity contribution in [1.82, 2.24) is 0 Å². The van der Waals surface area contributed by atoms with Crippen molar-refractivity contribution in [2.75, 3.05) is 13.2 Å². The molecule has 0 atom stereocenters. The molecule has 0 aromatic heterocycles. The van der Waals surface area contributed by atoms with Crippen molar-refractivity contribution in [3.8, 4) is 6.07 Å². The minimum Gasteiger partial charge on any atom is -0.480 e. The number of carboxylic acids is 1. The predicted molar refractivity (Wildman–Crippen MR) is 62.8 cm³/mol. The Morgan fingerprint density at radius 3 is 2.47 bits per heavy atom. The summed E-state index contributed by atoms with van der Waals surface area (Å²) in [5.41, 5.74) is -1.53. The minimum atomic E-state index is -1.53. The molecule has 98 valence electrons. The summed E-state index contributed by atoms with van der Waals surface area (Å²) >= 11 is 0. The first-order chi connectivity index (χ1) is 7.64. The molecular weight excluding hydrogens is 246 g/mol. The Morgan fingerprint density at radius 1 is 1.47 bits per heavy atom. The standard InChI is InChI=1S/C11H17NO4.ClH/c1-2-3-4-5-9-15-7-11(6-12,8-16-9)10(13)14;/h9H,2-5,7-8H2,1H3,(H,13,14);1H. The highest BCUT2D eigenvalue weighted by atomic mass is 35.5. The minimum absolute atomic E-state index is 0. The molecule has 17 heavy (non-hydrogen) atoms. The molecule has 0 aromatic carbocycles. The van der Waals surface area contributed by atoms with Crippen LogP contribution in [0.15, 0.2) is 0 Å². The molecule has 5 nitrogen and oxygen atoms in total. The van der Waals surface area contributed by atoms with Crippen molar-refractivity contribution in [2.24, 2.45) is 5.41 Å². The Hall–Kier alpha value is -0.830. The molecule has 6 heteroatoms. The van der Waals surface area contributed by atoms with E-state index in [1.165, 1.54) is 0 Å². The van der Waals surface area contributed by atoms with Crippen molar-refractivity contribution in [3.05, 3.63) is 0 Å². The van der Waals surface area contributed by atoms with E-state index < -0.39 is 11.4 Å². The zero-order valence-electron chi connectivity index (χ0n) is 9.85. The Labute approximate surface area is 107 Å². The SMILES string of the molecule is CCCCCC1OCC(C#N)(C(=O)O)CO1.Cl. The second-order valence-electron chi connectivity index (χ2n) is 4.05. The fourth-order valence-corrected chi connectivity index (χ4v) is 1.52. The van der Waals surface area contributed by atoms with E-state index >= 15 is 0 Å². The van der Waals surface area contributed by atoms with E-state index in [4.69, 9.17) is 19.8 Å². The Kier molecular flexibility index (Phi) is 7.12. The number of rotatable bonds is 5. The Morgan fingerprint density at radius 2 is 2.06 bits per heavy atom. The number of carboxylic acid groups (broad SMARTS) is 1. The van der Waals surface area contributed by atoms with Gasteiger partial charge in [0.2, 0.25) is 5.41 Å². The van der Waals surface area contributed by atoms with E-state index in [1.807, 2.05) is 0 Å².